The number of carbonyl (C=O) groups is 3. The van der Waals surface area contributed by atoms with Crippen molar-refractivity contribution in [2.24, 2.45) is 5.41 Å². The molecule has 8 rings (SSSR count). The van der Waals surface area contributed by atoms with Crippen LogP contribution < -0.4 is 21.1 Å². The first-order valence-corrected chi connectivity index (χ1v) is 22.4. The second-order valence-electron chi connectivity index (χ2n) is 16.3. The number of esters is 1. The van der Waals surface area contributed by atoms with E-state index in [4.69, 9.17) is 4.74 Å². The number of phenols is 1. The van der Waals surface area contributed by atoms with Crippen LogP contribution >= 0.6 is 22.7 Å². The van der Waals surface area contributed by atoms with Crippen molar-refractivity contribution < 1.29 is 34.4 Å². The van der Waals surface area contributed by atoms with Crippen molar-refractivity contribution in [1.29, 1.82) is 0 Å². The fraction of sp³-hybridized carbons (Fsp3) is 0.319. The number of aliphatic hydroxyl groups excluding tert-OH is 1. The standard InChI is InChI=1S/C47H49N5O8S2/c1-51(42(56)17-20-52-21-18-46(19-22-52)26-34(27-46)60-45(58)47(59,39-7-3-23-61-39)40-8-4-24-62-40)33-6-2-5-31(25-33)44(57)49-32-11-9-30(10-12-32)28-48-29-38(54)35-13-15-37(53)43-36(35)14-16-41(55)50-43/h2-16,23-25,34,38,48,53-54,59H,17-22,26-29H2,1H3,(H,49,57)(H,50,55)/t38-/m0/s1. The molecule has 13 nitrogen and oxygen atoms in total. The first-order chi connectivity index (χ1) is 29.9. The van der Waals surface area contributed by atoms with Crippen molar-refractivity contribution in [3.8, 4) is 5.75 Å². The summed E-state index contributed by atoms with van der Waals surface area (Å²) >= 11 is 2.67. The number of carbonyl (C=O) groups excluding carboxylic acids is 3. The van der Waals surface area contributed by atoms with Crippen molar-refractivity contribution in [3.05, 3.63) is 145 Å². The van der Waals surface area contributed by atoms with Crippen molar-refractivity contribution in [1.82, 2.24) is 15.2 Å². The highest BCUT2D eigenvalue weighted by Gasteiger charge is 2.51. The lowest BCUT2D eigenvalue weighted by Crippen LogP contribution is -2.52. The average molecular weight is 876 g/mol. The van der Waals surface area contributed by atoms with E-state index in [1.165, 1.54) is 34.8 Å². The molecule has 2 fully saturated rings. The molecule has 6 aromatic rings. The summed E-state index contributed by atoms with van der Waals surface area (Å²) in [6.45, 7) is 3.01. The van der Waals surface area contributed by atoms with E-state index < -0.39 is 17.7 Å². The van der Waals surface area contributed by atoms with Crippen LogP contribution in [0.5, 0.6) is 5.75 Å². The van der Waals surface area contributed by atoms with Crippen molar-refractivity contribution in [2.45, 2.75) is 56.5 Å². The highest BCUT2D eigenvalue weighted by Crippen LogP contribution is 2.51. The monoisotopic (exact) mass is 875 g/mol. The lowest BCUT2D eigenvalue weighted by atomic mass is 9.61. The topological polar surface area (TPSA) is 185 Å². The molecule has 6 N–H and O–H groups in total. The lowest BCUT2D eigenvalue weighted by Gasteiger charge is -2.51. The van der Waals surface area contributed by atoms with E-state index in [2.05, 4.69) is 20.5 Å². The second kappa shape index (κ2) is 18.3. The van der Waals surface area contributed by atoms with Crippen LogP contribution in [0.15, 0.2) is 113 Å². The molecule has 0 unspecified atom stereocenters. The zero-order chi connectivity index (χ0) is 43.4. The van der Waals surface area contributed by atoms with Crippen molar-refractivity contribution in [3.63, 3.8) is 0 Å². The number of amides is 2. The minimum atomic E-state index is -1.80. The van der Waals surface area contributed by atoms with Gasteiger partial charge in [0.05, 0.1) is 21.4 Å². The molecule has 1 saturated carbocycles. The summed E-state index contributed by atoms with van der Waals surface area (Å²) in [5.41, 5.74) is 1.40. The molecular weight excluding hydrogens is 827 g/mol. The maximum atomic E-state index is 13.4. The smallest absolute Gasteiger partial charge is 0.349 e. The van der Waals surface area contributed by atoms with Gasteiger partial charge in [0.25, 0.3) is 5.91 Å². The van der Waals surface area contributed by atoms with Crippen molar-refractivity contribution in [2.75, 3.05) is 43.4 Å². The Balaban J connectivity index is 0.760. The highest BCUT2D eigenvalue weighted by atomic mass is 32.1. The predicted octanol–water partition coefficient (Wildman–Crippen LogP) is 6.51. The fourth-order valence-electron chi connectivity index (χ4n) is 8.52. The minimum absolute atomic E-state index is 0.0492. The SMILES string of the molecule is CN(C(=O)CCN1CCC2(CC1)CC(OC(=O)C(O)(c1cccs1)c1cccs1)C2)c1cccc(C(=O)Nc2ccc(CNC[C@H](O)c3ccc(O)c4[nH]c(=O)ccc34)cc2)c1. The van der Waals surface area contributed by atoms with E-state index in [0.717, 1.165) is 44.3 Å². The number of aromatic nitrogens is 1. The summed E-state index contributed by atoms with van der Waals surface area (Å²) < 4.78 is 5.92. The number of ether oxygens (including phenoxy) is 1. The molecule has 322 valence electrons. The predicted molar refractivity (Wildman–Crippen MR) is 241 cm³/mol. The molecule has 2 amide bonds. The Labute approximate surface area is 366 Å². The molecule has 1 aliphatic carbocycles. The number of piperidine rings is 1. The van der Waals surface area contributed by atoms with E-state index in [1.807, 2.05) is 41.1 Å². The Morgan fingerprint density at radius 1 is 0.952 bits per heavy atom. The van der Waals surface area contributed by atoms with Gasteiger partial charge in [0.15, 0.2) is 0 Å². The molecule has 1 saturated heterocycles. The number of fused-ring (bicyclic) bond motifs is 1. The van der Waals surface area contributed by atoms with Crippen LogP contribution in [0, 0.1) is 5.41 Å². The summed E-state index contributed by atoms with van der Waals surface area (Å²) in [4.78, 5) is 59.3. The number of likely N-dealkylation sites (tertiary alicyclic amines) is 1. The Morgan fingerprint density at radius 2 is 1.66 bits per heavy atom. The number of benzene rings is 3. The number of aromatic hydroxyl groups is 1. The third-order valence-electron chi connectivity index (χ3n) is 12.2. The Morgan fingerprint density at radius 3 is 2.34 bits per heavy atom. The van der Waals surface area contributed by atoms with Crippen LogP contribution in [-0.4, -0.2) is 82.3 Å². The quantitative estimate of drug-likeness (QED) is 0.0622. The maximum Gasteiger partial charge on any atom is 0.349 e. The Kier molecular flexibility index (Phi) is 12.7. The van der Waals surface area contributed by atoms with Gasteiger partial charge >= 0.3 is 5.97 Å². The van der Waals surface area contributed by atoms with E-state index in [9.17, 15) is 34.5 Å². The van der Waals surface area contributed by atoms with E-state index in [-0.39, 0.29) is 46.7 Å². The molecule has 1 atom stereocenters. The number of nitrogens with zero attached hydrogens (tertiary/aromatic N) is 2. The zero-order valence-electron chi connectivity index (χ0n) is 34.2. The molecule has 0 radical (unpaired) electrons. The van der Waals surface area contributed by atoms with Gasteiger partial charge in [-0.3, -0.25) is 14.4 Å². The van der Waals surface area contributed by atoms with Crippen LogP contribution in [0.2, 0.25) is 0 Å². The number of thiophene rings is 2. The summed E-state index contributed by atoms with van der Waals surface area (Å²) in [5, 5.41) is 43.0. The normalized spacial score (nSPS) is 15.9. The summed E-state index contributed by atoms with van der Waals surface area (Å²) in [5.74, 6) is -1.04. The number of aliphatic hydroxyl groups is 2. The molecular formula is C47H49N5O8S2. The molecule has 0 bridgehead atoms. The third-order valence-corrected chi connectivity index (χ3v) is 14.2. The van der Waals surface area contributed by atoms with Gasteiger partial charge in [0.1, 0.15) is 11.9 Å². The van der Waals surface area contributed by atoms with Gasteiger partial charge in [-0.2, -0.15) is 0 Å². The minimum Gasteiger partial charge on any atom is -0.506 e. The number of phenolic OH excluding ortho intramolecular Hbond substituents is 1. The van der Waals surface area contributed by atoms with Gasteiger partial charge in [-0.15, -0.1) is 22.7 Å². The number of nitrogens with one attached hydrogen (secondary N) is 3. The fourth-order valence-corrected chi connectivity index (χ4v) is 10.2. The molecule has 4 heterocycles. The first kappa shape index (κ1) is 43.0. The molecule has 3 aromatic carbocycles. The van der Waals surface area contributed by atoms with Gasteiger partial charge in [0.2, 0.25) is 17.1 Å². The van der Waals surface area contributed by atoms with Gasteiger partial charge in [-0.25, -0.2) is 4.79 Å². The highest BCUT2D eigenvalue weighted by molar-refractivity contribution is 7.12. The molecule has 1 aliphatic heterocycles. The summed E-state index contributed by atoms with van der Waals surface area (Å²) in [7, 11) is 1.72. The molecule has 2 aliphatic rings. The summed E-state index contributed by atoms with van der Waals surface area (Å²) in [6, 6.07) is 27.5. The molecule has 62 heavy (non-hydrogen) atoms. The Bertz CT molecular complexity index is 2550. The Hall–Kier alpha value is -5.68. The average Bonchev–Trinajstić information content (AvgIpc) is 4.03. The van der Waals surface area contributed by atoms with Gasteiger partial charge in [0, 0.05) is 61.5 Å². The van der Waals surface area contributed by atoms with Crippen LogP contribution in [0.1, 0.15) is 69.4 Å². The number of hydrogen-bond donors (Lipinski definition) is 6. The number of aromatic amines is 1. The van der Waals surface area contributed by atoms with Crippen LogP contribution in [-0.2, 0) is 26.5 Å². The number of rotatable bonds is 15. The van der Waals surface area contributed by atoms with Gasteiger partial charge in [-0.05, 0) is 121 Å². The first-order valence-electron chi connectivity index (χ1n) is 20.7. The van der Waals surface area contributed by atoms with E-state index in [0.29, 0.717) is 57.2 Å². The maximum absolute atomic E-state index is 13.4. The molecule has 15 heteroatoms. The second-order valence-corrected chi connectivity index (χ2v) is 18.2. The van der Waals surface area contributed by atoms with E-state index >= 15 is 0 Å². The number of anilines is 2. The van der Waals surface area contributed by atoms with Crippen LogP contribution in [0.4, 0.5) is 11.4 Å². The molecule has 1 spiro atoms. The number of H-pyrrole nitrogens is 1. The van der Waals surface area contributed by atoms with Crippen LogP contribution in [0.3, 0.4) is 0 Å². The van der Waals surface area contributed by atoms with E-state index in [1.54, 1.807) is 66.5 Å². The zero-order valence-corrected chi connectivity index (χ0v) is 35.8. The largest absolute Gasteiger partial charge is 0.506 e. The third kappa shape index (κ3) is 9.23. The van der Waals surface area contributed by atoms with Gasteiger partial charge in [-0.1, -0.05) is 36.4 Å². The lowest BCUT2D eigenvalue weighted by molar-refractivity contribution is -0.181. The number of hydrogen-bond acceptors (Lipinski definition) is 12. The molecule has 3 aromatic heterocycles. The summed E-state index contributed by atoms with van der Waals surface area (Å²) in [6.07, 6.45) is 2.67. The number of pyridine rings is 1. The van der Waals surface area contributed by atoms with Crippen LogP contribution in [0.25, 0.3) is 10.9 Å². The van der Waals surface area contributed by atoms with Crippen molar-refractivity contribution >= 4 is 62.7 Å². The van der Waals surface area contributed by atoms with Gasteiger partial charge < -0.3 is 45.5 Å².